The molecule has 2 aromatic carbocycles. The van der Waals surface area contributed by atoms with Gasteiger partial charge in [0.1, 0.15) is 5.82 Å². The molecule has 0 radical (unpaired) electrons. The number of fused-ring (bicyclic) bond motifs is 1. The van der Waals surface area contributed by atoms with Crippen LogP contribution in [-0.2, 0) is 9.59 Å². The van der Waals surface area contributed by atoms with Gasteiger partial charge in [-0.3, -0.25) is 9.59 Å². The van der Waals surface area contributed by atoms with Crippen LogP contribution < -0.4 is 10.2 Å². The first kappa shape index (κ1) is 16.2. The number of rotatable bonds is 3. The summed E-state index contributed by atoms with van der Waals surface area (Å²) in [5.41, 5.74) is 1.82. The number of carbonyl (C=O) groups excluding carboxylic acids is 2. The third kappa shape index (κ3) is 3.02. The lowest BCUT2D eigenvalue weighted by Crippen LogP contribution is -2.42. The molecule has 0 aromatic heterocycles. The third-order valence-electron chi connectivity index (χ3n) is 4.14. The van der Waals surface area contributed by atoms with Crippen LogP contribution in [0, 0.1) is 5.82 Å². The molecule has 0 saturated heterocycles. The normalized spacial score (nSPS) is 16.5. The van der Waals surface area contributed by atoms with Gasteiger partial charge in [0.05, 0.1) is 5.92 Å². The van der Waals surface area contributed by atoms with Crippen LogP contribution in [0.4, 0.5) is 15.8 Å². The van der Waals surface area contributed by atoms with Gasteiger partial charge in [-0.1, -0.05) is 24.3 Å². The van der Waals surface area contributed by atoms with Crippen LogP contribution in [0.1, 0.15) is 31.7 Å². The first-order chi connectivity index (χ1) is 11.5. The molecule has 124 valence electrons. The fourth-order valence-corrected chi connectivity index (χ4v) is 3.09. The number of hydrogen-bond acceptors (Lipinski definition) is 2. The van der Waals surface area contributed by atoms with Gasteiger partial charge in [-0.15, -0.1) is 0 Å². The Morgan fingerprint density at radius 1 is 1.21 bits per heavy atom. The van der Waals surface area contributed by atoms with Gasteiger partial charge in [-0.05, 0) is 43.7 Å². The van der Waals surface area contributed by atoms with Crippen molar-refractivity contribution in [2.24, 2.45) is 0 Å². The maximum atomic E-state index is 13.5. The van der Waals surface area contributed by atoms with Crippen LogP contribution >= 0.6 is 0 Å². The zero-order chi connectivity index (χ0) is 17.3. The monoisotopic (exact) mass is 326 g/mol. The van der Waals surface area contributed by atoms with Gasteiger partial charge in [0.15, 0.2) is 0 Å². The lowest BCUT2D eigenvalue weighted by Gasteiger charge is -2.33. The van der Waals surface area contributed by atoms with Crippen LogP contribution in [0.3, 0.4) is 0 Å². The largest absolute Gasteiger partial charge is 0.326 e. The Morgan fingerprint density at radius 2 is 1.92 bits per heavy atom. The summed E-state index contributed by atoms with van der Waals surface area (Å²) in [6, 6.07) is 13.5. The fourth-order valence-electron chi connectivity index (χ4n) is 3.09. The Bertz CT molecular complexity index is 774. The Morgan fingerprint density at radius 3 is 2.58 bits per heavy atom. The minimum atomic E-state index is -0.614. The van der Waals surface area contributed by atoms with Crippen molar-refractivity contribution in [2.45, 2.75) is 32.2 Å². The van der Waals surface area contributed by atoms with Crippen molar-refractivity contribution < 1.29 is 14.0 Å². The lowest BCUT2D eigenvalue weighted by molar-refractivity contribution is -0.124. The number of benzene rings is 2. The van der Waals surface area contributed by atoms with E-state index in [0.29, 0.717) is 11.3 Å². The molecule has 2 amide bonds. The molecular formula is C19H19FN2O2. The van der Waals surface area contributed by atoms with E-state index in [-0.39, 0.29) is 24.3 Å². The molecule has 0 saturated carbocycles. The minimum Gasteiger partial charge on any atom is -0.326 e. The number of nitrogens with zero attached hydrogens (tertiary/aromatic N) is 1. The molecule has 4 nitrogen and oxygen atoms in total. The van der Waals surface area contributed by atoms with E-state index in [0.717, 1.165) is 5.69 Å². The number of para-hydroxylation sites is 1. The summed E-state index contributed by atoms with van der Waals surface area (Å²) in [5, 5.41) is 2.64. The first-order valence-corrected chi connectivity index (χ1v) is 7.95. The Balaban J connectivity index is 2.01. The molecular weight excluding hydrogens is 307 g/mol. The van der Waals surface area contributed by atoms with Crippen molar-refractivity contribution in [1.29, 1.82) is 0 Å². The maximum absolute atomic E-state index is 13.5. The van der Waals surface area contributed by atoms with Crippen LogP contribution in [0.25, 0.3) is 0 Å². The van der Waals surface area contributed by atoms with E-state index in [1.54, 1.807) is 11.0 Å². The molecule has 0 fully saturated rings. The molecule has 0 aliphatic carbocycles. The predicted octanol–water partition coefficient (Wildman–Crippen LogP) is 3.69. The van der Waals surface area contributed by atoms with Gasteiger partial charge < -0.3 is 10.2 Å². The summed E-state index contributed by atoms with van der Waals surface area (Å²) >= 11 is 0. The average Bonchev–Trinajstić information content (AvgIpc) is 2.54. The van der Waals surface area contributed by atoms with Crippen molar-refractivity contribution in [3.63, 3.8) is 0 Å². The van der Waals surface area contributed by atoms with Crippen LogP contribution in [-0.4, -0.2) is 17.9 Å². The smallest absolute Gasteiger partial charge is 0.235 e. The molecule has 1 aliphatic rings. The molecule has 3 rings (SSSR count). The highest BCUT2D eigenvalue weighted by Gasteiger charge is 2.35. The first-order valence-electron chi connectivity index (χ1n) is 7.95. The number of carbonyl (C=O) groups is 2. The number of hydrogen-bond donors (Lipinski definition) is 1. The Labute approximate surface area is 140 Å². The summed E-state index contributed by atoms with van der Waals surface area (Å²) in [6.45, 7) is 3.86. The summed E-state index contributed by atoms with van der Waals surface area (Å²) in [5.74, 6) is -1.48. The summed E-state index contributed by atoms with van der Waals surface area (Å²) < 4.78 is 13.5. The van der Waals surface area contributed by atoms with Crippen LogP contribution in [0.15, 0.2) is 48.5 Å². The van der Waals surface area contributed by atoms with Crippen molar-refractivity contribution in [2.75, 3.05) is 10.2 Å². The highest BCUT2D eigenvalue weighted by atomic mass is 19.1. The second-order valence-corrected chi connectivity index (χ2v) is 6.17. The molecule has 1 aliphatic heterocycles. The molecule has 0 spiro atoms. The van der Waals surface area contributed by atoms with Gasteiger partial charge in [-0.25, -0.2) is 4.39 Å². The quantitative estimate of drug-likeness (QED) is 0.935. The minimum absolute atomic E-state index is 0.0613. The standard InChI is InChI=1S/C19H19FN2O2/c1-12(2)22(14-6-4-3-5-7-14)19(24)16-11-18(23)21-17-10-13(20)8-9-15(16)17/h3-10,12,16H,11H2,1-2H3,(H,21,23). The number of halogens is 1. The van der Waals surface area contributed by atoms with Crippen molar-refractivity contribution in [3.8, 4) is 0 Å². The van der Waals surface area contributed by atoms with Crippen molar-refractivity contribution in [3.05, 3.63) is 59.9 Å². The molecule has 1 atom stereocenters. The topological polar surface area (TPSA) is 49.4 Å². The summed E-state index contributed by atoms with van der Waals surface area (Å²) in [7, 11) is 0. The molecule has 1 unspecified atom stereocenters. The van der Waals surface area contributed by atoms with E-state index in [1.165, 1.54) is 12.1 Å². The van der Waals surface area contributed by atoms with E-state index >= 15 is 0 Å². The van der Waals surface area contributed by atoms with Gasteiger partial charge in [0.2, 0.25) is 11.8 Å². The zero-order valence-electron chi connectivity index (χ0n) is 13.6. The van der Waals surface area contributed by atoms with Gasteiger partial charge in [0, 0.05) is 23.8 Å². The Hall–Kier alpha value is -2.69. The zero-order valence-corrected chi connectivity index (χ0v) is 13.6. The van der Waals surface area contributed by atoms with Crippen molar-refractivity contribution in [1.82, 2.24) is 0 Å². The maximum Gasteiger partial charge on any atom is 0.235 e. The van der Waals surface area contributed by atoms with E-state index in [2.05, 4.69) is 5.32 Å². The molecule has 2 aromatic rings. The van der Waals surface area contributed by atoms with Crippen molar-refractivity contribution >= 4 is 23.2 Å². The van der Waals surface area contributed by atoms with E-state index in [9.17, 15) is 14.0 Å². The van der Waals surface area contributed by atoms with Crippen LogP contribution in [0.5, 0.6) is 0 Å². The third-order valence-corrected chi connectivity index (χ3v) is 4.14. The van der Waals surface area contributed by atoms with E-state index in [1.807, 2.05) is 44.2 Å². The number of anilines is 2. The lowest BCUT2D eigenvalue weighted by atomic mass is 9.88. The second-order valence-electron chi connectivity index (χ2n) is 6.17. The average molecular weight is 326 g/mol. The molecule has 5 heteroatoms. The highest BCUT2D eigenvalue weighted by Crippen LogP contribution is 2.35. The number of amides is 2. The number of nitrogens with one attached hydrogen (secondary N) is 1. The molecule has 0 bridgehead atoms. The van der Waals surface area contributed by atoms with Gasteiger partial charge in [-0.2, -0.15) is 0 Å². The second kappa shape index (κ2) is 6.43. The predicted molar refractivity (Wildman–Crippen MR) is 91.5 cm³/mol. The Kier molecular flexibility index (Phi) is 4.34. The molecule has 1 heterocycles. The highest BCUT2D eigenvalue weighted by molar-refractivity contribution is 6.06. The molecule has 1 N–H and O–H groups in total. The van der Waals surface area contributed by atoms with E-state index < -0.39 is 11.7 Å². The summed E-state index contributed by atoms with van der Waals surface area (Å²) in [6.07, 6.45) is 0.0630. The van der Waals surface area contributed by atoms with E-state index in [4.69, 9.17) is 0 Å². The molecule has 24 heavy (non-hydrogen) atoms. The van der Waals surface area contributed by atoms with Crippen LogP contribution in [0.2, 0.25) is 0 Å². The summed E-state index contributed by atoms with van der Waals surface area (Å²) in [4.78, 5) is 26.9. The van der Waals surface area contributed by atoms with Gasteiger partial charge in [0.25, 0.3) is 0 Å². The van der Waals surface area contributed by atoms with Gasteiger partial charge >= 0.3 is 0 Å². The SMILES string of the molecule is CC(C)N(C(=O)C1CC(=O)Nc2cc(F)ccc21)c1ccccc1. The fraction of sp³-hybridized carbons (Fsp3) is 0.263.